The molecule has 1 fully saturated rings. The molecule has 8 heteroatoms. The van der Waals surface area contributed by atoms with Crippen molar-refractivity contribution in [3.8, 4) is 17.1 Å². The third-order valence-electron chi connectivity index (χ3n) is 6.65. The fraction of sp³-hybridized carbons (Fsp3) is 0.360. The second-order valence-corrected chi connectivity index (χ2v) is 10.1. The topological polar surface area (TPSA) is 100.0 Å². The Labute approximate surface area is 197 Å². The number of pyridine rings is 1. The Morgan fingerprint density at radius 1 is 1.15 bits per heavy atom. The lowest BCUT2D eigenvalue weighted by molar-refractivity contribution is 0.303. The van der Waals surface area contributed by atoms with E-state index in [1.165, 1.54) is 5.56 Å². The summed E-state index contributed by atoms with van der Waals surface area (Å²) < 4.78 is 11.2. The molecule has 4 aromatic rings. The Morgan fingerprint density at radius 3 is 2.55 bits per heavy atom. The van der Waals surface area contributed by atoms with Crippen LogP contribution >= 0.6 is 11.3 Å². The summed E-state index contributed by atoms with van der Waals surface area (Å²) in [6.45, 7) is 7.10. The van der Waals surface area contributed by atoms with Gasteiger partial charge in [0.25, 0.3) is 0 Å². The summed E-state index contributed by atoms with van der Waals surface area (Å²) in [7, 11) is 0. The molecule has 0 bridgehead atoms. The zero-order chi connectivity index (χ0) is 23.1. The van der Waals surface area contributed by atoms with E-state index in [4.69, 9.17) is 20.0 Å². The number of benzene rings is 1. The smallest absolute Gasteiger partial charge is 0.247 e. The number of nitrogens with two attached hydrogens (primary N) is 1. The molecule has 7 nitrogen and oxygen atoms in total. The molecule has 33 heavy (non-hydrogen) atoms. The van der Waals surface area contributed by atoms with Gasteiger partial charge in [-0.05, 0) is 43.4 Å². The predicted molar refractivity (Wildman–Crippen MR) is 127 cm³/mol. The second-order valence-electron chi connectivity index (χ2n) is 9.11. The molecule has 3 heterocycles. The highest BCUT2D eigenvalue weighted by molar-refractivity contribution is 7.09. The number of ether oxygens (including phenoxy) is 1. The van der Waals surface area contributed by atoms with Crippen molar-refractivity contribution in [2.45, 2.75) is 51.2 Å². The summed E-state index contributed by atoms with van der Waals surface area (Å²) in [5.41, 5.74) is 8.55. The van der Waals surface area contributed by atoms with E-state index in [2.05, 4.69) is 48.0 Å². The van der Waals surface area contributed by atoms with E-state index in [1.54, 1.807) is 23.7 Å². The van der Waals surface area contributed by atoms with Gasteiger partial charge in [-0.1, -0.05) is 43.3 Å². The van der Waals surface area contributed by atoms with Crippen molar-refractivity contribution in [3.05, 3.63) is 76.3 Å². The Morgan fingerprint density at radius 2 is 1.94 bits per heavy atom. The van der Waals surface area contributed by atoms with Crippen molar-refractivity contribution in [1.82, 2.24) is 20.1 Å². The lowest BCUT2D eigenvalue weighted by Crippen LogP contribution is -2.31. The van der Waals surface area contributed by atoms with Crippen molar-refractivity contribution >= 4 is 11.3 Å². The number of hydrogen-bond acceptors (Lipinski definition) is 8. The summed E-state index contributed by atoms with van der Waals surface area (Å²) in [5, 5.41) is 7.01. The van der Waals surface area contributed by atoms with Gasteiger partial charge in [0, 0.05) is 22.6 Å². The highest BCUT2D eigenvalue weighted by Gasteiger charge is 2.45. The molecule has 0 amide bonds. The largest absolute Gasteiger partial charge is 0.485 e. The van der Waals surface area contributed by atoms with Gasteiger partial charge in [-0.25, -0.2) is 4.98 Å². The van der Waals surface area contributed by atoms with Gasteiger partial charge in [0.05, 0.1) is 17.4 Å². The third-order valence-corrected chi connectivity index (χ3v) is 7.41. The first kappa shape index (κ1) is 21.7. The summed E-state index contributed by atoms with van der Waals surface area (Å²) in [6, 6.07) is 12.3. The van der Waals surface area contributed by atoms with Crippen LogP contribution in [0.3, 0.4) is 0 Å². The molecule has 5 rings (SSSR count). The molecule has 0 saturated heterocycles. The minimum Gasteiger partial charge on any atom is -0.485 e. The van der Waals surface area contributed by atoms with E-state index in [-0.39, 0.29) is 5.41 Å². The van der Waals surface area contributed by atoms with Gasteiger partial charge in [-0.3, -0.25) is 4.98 Å². The molecule has 1 aromatic carbocycles. The van der Waals surface area contributed by atoms with E-state index >= 15 is 0 Å². The molecule has 1 unspecified atom stereocenters. The standard InChI is InChI=1S/C25H27N5O2S/c1-16(2)24(3,20-9-8-19(14-28-20)31-15-21-27-12-13-33-21)18-6-4-17(5-7-18)22-29-23(32-30-22)25(26)10-11-25/h4-9,12-14,16H,10-11,15,26H2,1-3H3. The summed E-state index contributed by atoms with van der Waals surface area (Å²) in [6.07, 6.45) is 5.35. The highest BCUT2D eigenvalue weighted by atomic mass is 32.1. The number of nitrogens with zero attached hydrogens (tertiary/aromatic N) is 4. The molecule has 170 valence electrons. The maximum atomic E-state index is 6.18. The van der Waals surface area contributed by atoms with Gasteiger partial charge >= 0.3 is 0 Å². The Hall–Kier alpha value is -3.10. The molecule has 1 aliphatic carbocycles. The molecule has 2 N–H and O–H groups in total. The maximum Gasteiger partial charge on any atom is 0.247 e. The lowest BCUT2D eigenvalue weighted by Gasteiger charge is -2.34. The van der Waals surface area contributed by atoms with Gasteiger partial charge in [-0.15, -0.1) is 11.3 Å². The van der Waals surface area contributed by atoms with Crippen molar-refractivity contribution in [1.29, 1.82) is 0 Å². The monoisotopic (exact) mass is 461 g/mol. The average molecular weight is 462 g/mol. The number of aromatic nitrogens is 4. The molecule has 1 atom stereocenters. The van der Waals surface area contributed by atoms with Crippen LogP contribution in [0.25, 0.3) is 11.4 Å². The maximum absolute atomic E-state index is 6.18. The Balaban J connectivity index is 1.36. The summed E-state index contributed by atoms with van der Waals surface area (Å²) in [4.78, 5) is 13.5. The zero-order valence-electron chi connectivity index (χ0n) is 19.0. The van der Waals surface area contributed by atoms with E-state index in [0.29, 0.717) is 24.2 Å². The highest BCUT2D eigenvalue weighted by Crippen LogP contribution is 2.42. The predicted octanol–water partition coefficient (Wildman–Crippen LogP) is 5.08. The fourth-order valence-corrected chi connectivity index (χ4v) is 4.40. The molecular weight excluding hydrogens is 434 g/mol. The molecule has 1 saturated carbocycles. The van der Waals surface area contributed by atoms with Crippen LogP contribution in [0.2, 0.25) is 0 Å². The molecular formula is C25H27N5O2S. The average Bonchev–Trinajstić information content (AvgIpc) is 3.24. The van der Waals surface area contributed by atoms with Crippen LogP contribution in [0.1, 0.15) is 55.8 Å². The van der Waals surface area contributed by atoms with E-state index < -0.39 is 5.54 Å². The second kappa shape index (κ2) is 8.35. The molecule has 0 aliphatic heterocycles. The number of rotatable bonds is 8. The minimum absolute atomic E-state index is 0.274. The van der Waals surface area contributed by atoms with Gasteiger partial charge in [-0.2, -0.15) is 4.98 Å². The fourth-order valence-electron chi connectivity index (χ4n) is 3.88. The van der Waals surface area contributed by atoms with Gasteiger partial charge < -0.3 is 15.0 Å². The minimum atomic E-state index is -0.427. The lowest BCUT2D eigenvalue weighted by atomic mass is 9.70. The number of hydrogen-bond donors (Lipinski definition) is 1. The molecule has 0 radical (unpaired) electrons. The van der Waals surface area contributed by atoms with Gasteiger partial charge in [0.1, 0.15) is 17.4 Å². The van der Waals surface area contributed by atoms with Crippen LogP contribution in [0, 0.1) is 5.92 Å². The van der Waals surface area contributed by atoms with E-state index in [1.807, 2.05) is 29.6 Å². The summed E-state index contributed by atoms with van der Waals surface area (Å²) in [5.74, 6) is 2.15. The molecule has 3 aromatic heterocycles. The van der Waals surface area contributed by atoms with Gasteiger partial charge in [0.15, 0.2) is 0 Å². The first-order valence-electron chi connectivity index (χ1n) is 11.1. The van der Waals surface area contributed by atoms with E-state index in [9.17, 15) is 0 Å². The van der Waals surface area contributed by atoms with Crippen LogP contribution in [0.4, 0.5) is 0 Å². The van der Waals surface area contributed by atoms with Crippen LogP contribution in [-0.2, 0) is 17.6 Å². The Bertz CT molecular complexity index is 1210. The SMILES string of the molecule is CC(C)C(C)(c1ccc(-c2noc(C3(N)CC3)n2)cc1)c1ccc(OCc2nccs2)cn1. The molecule has 0 spiro atoms. The molecule has 1 aliphatic rings. The number of thiazole rings is 1. The normalized spacial score (nSPS) is 16.5. The van der Waals surface area contributed by atoms with Crippen molar-refractivity contribution < 1.29 is 9.26 Å². The first-order chi connectivity index (χ1) is 15.9. The summed E-state index contributed by atoms with van der Waals surface area (Å²) >= 11 is 1.58. The van der Waals surface area contributed by atoms with Crippen molar-refractivity contribution in [2.75, 3.05) is 0 Å². The van der Waals surface area contributed by atoms with Crippen molar-refractivity contribution in [3.63, 3.8) is 0 Å². The third kappa shape index (κ3) is 4.16. The van der Waals surface area contributed by atoms with Crippen LogP contribution in [0.5, 0.6) is 5.75 Å². The van der Waals surface area contributed by atoms with E-state index in [0.717, 1.165) is 34.9 Å². The van der Waals surface area contributed by atoms with Crippen LogP contribution < -0.4 is 10.5 Å². The van der Waals surface area contributed by atoms with Crippen LogP contribution in [0.15, 0.2) is 58.7 Å². The Kier molecular flexibility index (Phi) is 5.50. The first-order valence-corrected chi connectivity index (χ1v) is 12.0. The van der Waals surface area contributed by atoms with Gasteiger partial charge in [0.2, 0.25) is 11.7 Å². The van der Waals surface area contributed by atoms with Crippen LogP contribution in [-0.4, -0.2) is 20.1 Å². The zero-order valence-corrected chi connectivity index (χ0v) is 19.8. The quantitative estimate of drug-likeness (QED) is 0.391. The van der Waals surface area contributed by atoms with Crippen molar-refractivity contribution in [2.24, 2.45) is 11.7 Å².